The lowest BCUT2D eigenvalue weighted by Crippen LogP contribution is -2.18. The van der Waals surface area contributed by atoms with E-state index in [0.29, 0.717) is 0 Å². The molecule has 0 radical (unpaired) electrons. The monoisotopic (exact) mass is 175 g/mol. The minimum atomic E-state index is 0.128. The Balaban J connectivity index is 3.15. The van der Waals surface area contributed by atoms with Crippen molar-refractivity contribution in [2.45, 2.75) is 13.3 Å². The van der Waals surface area contributed by atoms with E-state index in [-0.39, 0.29) is 6.73 Å². The average Bonchev–Trinajstić information content (AvgIpc) is 2.04. The van der Waals surface area contributed by atoms with Crippen LogP contribution in [0, 0.1) is 0 Å². The Morgan fingerprint density at radius 2 is 2.27 bits per heavy atom. The summed E-state index contributed by atoms with van der Waals surface area (Å²) in [6.07, 6.45) is 3.28. The quantitative estimate of drug-likeness (QED) is 0.489. The summed E-state index contributed by atoms with van der Waals surface area (Å²) in [5.74, 6) is 1.18. The van der Waals surface area contributed by atoms with Crippen LogP contribution in [0.4, 0.5) is 0 Å². The fraction of sp³-hybridized carbons (Fsp3) is 0.750. The Bertz CT molecular complexity index is 106. The minimum absolute atomic E-state index is 0.128. The highest BCUT2D eigenvalue weighted by molar-refractivity contribution is 8.02. The molecule has 0 aromatic heterocycles. The van der Waals surface area contributed by atoms with Crippen molar-refractivity contribution in [3.63, 3.8) is 0 Å². The number of hydrogen-bond acceptors (Lipinski definition) is 3. The maximum absolute atomic E-state index is 8.62. The molecule has 66 valence electrons. The van der Waals surface area contributed by atoms with Crippen molar-refractivity contribution in [1.29, 1.82) is 0 Å². The van der Waals surface area contributed by atoms with E-state index >= 15 is 0 Å². The molecule has 0 saturated carbocycles. The van der Waals surface area contributed by atoms with Crippen molar-refractivity contribution in [3.8, 4) is 0 Å². The zero-order valence-corrected chi connectivity index (χ0v) is 8.10. The van der Waals surface area contributed by atoms with Gasteiger partial charge in [0.15, 0.2) is 0 Å². The molecule has 0 aliphatic carbocycles. The second kappa shape index (κ2) is 8.11. The topological polar surface area (TPSA) is 23.5 Å². The molecule has 0 spiro atoms. The van der Waals surface area contributed by atoms with Gasteiger partial charge in [-0.05, 0) is 24.6 Å². The Hall–Kier alpha value is 0.01000. The first-order valence-electron chi connectivity index (χ1n) is 3.87. The highest BCUT2D eigenvalue weighted by atomic mass is 32.2. The van der Waals surface area contributed by atoms with Gasteiger partial charge in [-0.2, -0.15) is 0 Å². The molecule has 1 N–H and O–H groups in total. The van der Waals surface area contributed by atoms with Crippen LogP contribution in [0.3, 0.4) is 0 Å². The summed E-state index contributed by atoms with van der Waals surface area (Å²) < 4.78 is 0. The third-order valence-corrected chi connectivity index (χ3v) is 2.20. The molecule has 0 amide bonds. The van der Waals surface area contributed by atoms with E-state index in [0.717, 1.165) is 6.54 Å². The van der Waals surface area contributed by atoms with Gasteiger partial charge in [-0.25, -0.2) is 0 Å². The van der Waals surface area contributed by atoms with Crippen molar-refractivity contribution < 1.29 is 5.11 Å². The number of aliphatic hydroxyl groups excluding tert-OH is 1. The van der Waals surface area contributed by atoms with Crippen LogP contribution in [0.25, 0.3) is 0 Å². The van der Waals surface area contributed by atoms with Crippen LogP contribution in [-0.4, -0.2) is 36.1 Å². The van der Waals surface area contributed by atoms with Crippen molar-refractivity contribution >= 4 is 11.8 Å². The summed E-state index contributed by atoms with van der Waals surface area (Å²) >= 11 is 1.82. The van der Waals surface area contributed by atoms with Gasteiger partial charge in [0.05, 0.1) is 6.73 Å². The molecule has 0 unspecified atom stereocenters. The van der Waals surface area contributed by atoms with E-state index in [1.165, 1.54) is 12.2 Å². The van der Waals surface area contributed by atoms with Gasteiger partial charge in [0.1, 0.15) is 0 Å². The molecule has 0 fully saturated rings. The van der Waals surface area contributed by atoms with Crippen LogP contribution in [-0.2, 0) is 0 Å². The van der Waals surface area contributed by atoms with Gasteiger partial charge in [-0.1, -0.05) is 13.0 Å². The maximum Gasteiger partial charge on any atom is 0.0956 e. The lowest BCUT2D eigenvalue weighted by molar-refractivity contribution is 0.144. The second-order valence-electron chi connectivity index (χ2n) is 2.42. The highest BCUT2D eigenvalue weighted by Gasteiger charge is 1.87. The number of hydrogen-bond donors (Lipinski definition) is 1. The first kappa shape index (κ1) is 11.0. The largest absolute Gasteiger partial charge is 0.381 e. The van der Waals surface area contributed by atoms with Crippen LogP contribution in [0.1, 0.15) is 13.3 Å². The third kappa shape index (κ3) is 7.91. The van der Waals surface area contributed by atoms with Crippen molar-refractivity contribution in [2.75, 3.05) is 26.1 Å². The summed E-state index contributed by atoms with van der Waals surface area (Å²) in [5, 5.41) is 10.7. The molecule has 0 aromatic carbocycles. The van der Waals surface area contributed by atoms with E-state index in [1.807, 2.05) is 23.7 Å². The zero-order chi connectivity index (χ0) is 8.53. The van der Waals surface area contributed by atoms with E-state index in [9.17, 15) is 0 Å². The number of aliphatic hydroxyl groups is 1. The van der Waals surface area contributed by atoms with Gasteiger partial charge in [0.2, 0.25) is 0 Å². The molecule has 0 aromatic rings. The third-order valence-electron chi connectivity index (χ3n) is 1.17. The first-order chi connectivity index (χ1) is 5.31. The summed E-state index contributed by atoms with van der Waals surface area (Å²) in [6, 6.07) is 0. The number of rotatable bonds is 6. The Morgan fingerprint density at radius 3 is 2.82 bits per heavy atom. The van der Waals surface area contributed by atoms with Crippen LogP contribution in [0.2, 0.25) is 0 Å². The summed E-state index contributed by atoms with van der Waals surface area (Å²) in [5.41, 5.74) is 0. The summed E-state index contributed by atoms with van der Waals surface area (Å²) in [4.78, 5) is 1.84. The predicted molar refractivity (Wildman–Crippen MR) is 51.6 cm³/mol. The van der Waals surface area contributed by atoms with Crippen molar-refractivity contribution in [2.24, 2.45) is 0 Å². The van der Waals surface area contributed by atoms with Crippen LogP contribution < -0.4 is 0 Å². The van der Waals surface area contributed by atoms with Crippen LogP contribution in [0.15, 0.2) is 11.5 Å². The fourth-order valence-electron chi connectivity index (χ4n) is 0.535. The van der Waals surface area contributed by atoms with Crippen LogP contribution >= 0.6 is 11.8 Å². The lowest BCUT2D eigenvalue weighted by atomic mass is 10.6. The average molecular weight is 175 g/mol. The fourth-order valence-corrected chi connectivity index (χ4v) is 1.13. The minimum Gasteiger partial charge on any atom is -0.381 e. The summed E-state index contributed by atoms with van der Waals surface area (Å²) in [6.45, 7) is 3.12. The molecule has 0 aliphatic heterocycles. The number of thioether (sulfide) groups is 1. The zero-order valence-electron chi connectivity index (χ0n) is 7.29. The molecule has 0 atom stereocenters. The summed E-state index contributed by atoms with van der Waals surface area (Å²) in [7, 11) is 1.88. The molecule has 0 rings (SSSR count). The van der Waals surface area contributed by atoms with Gasteiger partial charge in [0.25, 0.3) is 0 Å². The van der Waals surface area contributed by atoms with Gasteiger partial charge in [-0.3, -0.25) is 4.90 Å². The first-order valence-corrected chi connectivity index (χ1v) is 4.92. The van der Waals surface area contributed by atoms with Crippen molar-refractivity contribution in [3.05, 3.63) is 11.5 Å². The standard InChI is InChI=1S/C8H17NOS/c1-3-6-11-7-4-5-9(2)8-10/h4,7,10H,3,5-6,8H2,1-2H3/b7-4+. The van der Waals surface area contributed by atoms with Gasteiger partial charge in [0, 0.05) is 6.54 Å². The maximum atomic E-state index is 8.62. The molecule has 3 heteroatoms. The van der Waals surface area contributed by atoms with Gasteiger partial charge >= 0.3 is 0 Å². The van der Waals surface area contributed by atoms with Gasteiger partial charge in [-0.15, -0.1) is 11.8 Å². The molecular formula is C8H17NOS. The van der Waals surface area contributed by atoms with Crippen molar-refractivity contribution in [1.82, 2.24) is 4.90 Å². The second-order valence-corrected chi connectivity index (χ2v) is 3.44. The van der Waals surface area contributed by atoms with E-state index in [4.69, 9.17) is 5.11 Å². The molecule has 0 heterocycles. The SMILES string of the molecule is CCCS/C=C/CN(C)CO. The smallest absolute Gasteiger partial charge is 0.0956 e. The molecule has 0 bridgehead atoms. The highest BCUT2D eigenvalue weighted by Crippen LogP contribution is 2.02. The normalized spacial score (nSPS) is 11.6. The van der Waals surface area contributed by atoms with Gasteiger partial charge < -0.3 is 5.11 Å². The van der Waals surface area contributed by atoms with Crippen LogP contribution in [0.5, 0.6) is 0 Å². The Morgan fingerprint density at radius 1 is 1.55 bits per heavy atom. The molecule has 2 nitrogen and oxygen atoms in total. The molecule has 0 saturated heterocycles. The predicted octanol–water partition coefficient (Wildman–Crippen LogP) is 1.52. The number of likely N-dealkylation sites (N-methyl/N-ethyl adjacent to an activating group) is 1. The number of nitrogens with zero attached hydrogens (tertiary/aromatic N) is 1. The van der Waals surface area contributed by atoms with E-state index in [2.05, 4.69) is 18.4 Å². The Labute approximate surface area is 73.3 Å². The molecule has 11 heavy (non-hydrogen) atoms. The van der Waals surface area contributed by atoms with E-state index < -0.39 is 0 Å². The Kier molecular flexibility index (Phi) is 8.12. The molecular weight excluding hydrogens is 158 g/mol. The lowest BCUT2D eigenvalue weighted by Gasteiger charge is -2.08. The molecule has 0 aliphatic rings. The van der Waals surface area contributed by atoms with E-state index in [1.54, 1.807) is 0 Å².